The second kappa shape index (κ2) is 113. The van der Waals surface area contributed by atoms with E-state index in [2.05, 4.69) is 83.0 Å². The van der Waals surface area contributed by atoms with Crippen LogP contribution in [0.2, 0.25) is 0 Å². The number of rotatable bonds is 20. The largest absolute Gasteiger partial charge is 0.481 e. The maximum absolute atomic E-state index is 11.8. The van der Waals surface area contributed by atoms with Crippen molar-refractivity contribution in [3.63, 3.8) is 0 Å². The molecule has 0 fully saturated rings. The van der Waals surface area contributed by atoms with Gasteiger partial charge in [-0.3, -0.25) is 28.8 Å². The fourth-order valence-electron chi connectivity index (χ4n) is 8.41. The van der Waals surface area contributed by atoms with Crippen LogP contribution in [0.25, 0.3) is 79.9 Å². The summed E-state index contributed by atoms with van der Waals surface area (Å²) < 4.78 is 9.09. The molecule has 681 valence electrons. The second-order valence-electron chi connectivity index (χ2n) is 21.0. The normalized spacial score (nSPS) is 8.64. The molecule has 0 aliphatic rings. The van der Waals surface area contributed by atoms with Gasteiger partial charge >= 0.3 is 17.9 Å². The van der Waals surface area contributed by atoms with Crippen LogP contribution < -0.4 is 5.32 Å². The van der Waals surface area contributed by atoms with Gasteiger partial charge in [-0.05, 0) is 124 Å². The molecule has 4 N–H and O–H groups in total. The molecule has 0 aromatic heterocycles. The molecule has 13 nitrogen and oxygen atoms in total. The average molecular weight is 2210 g/mol. The van der Waals surface area contributed by atoms with Gasteiger partial charge in [-0.2, -0.15) is 152 Å². The van der Waals surface area contributed by atoms with Crippen molar-refractivity contribution >= 4 is 119 Å². The topological polar surface area (TPSA) is 213 Å². The average Bonchev–Trinajstić information content (AvgIpc) is 0.892. The minimum Gasteiger partial charge on any atom is -0.481 e. The number of carboxylic acids is 3. The Morgan fingerprint density at radius 3 is 0.677 bits per heavy atom. The first-order valence-corrected chi connectivity index (χ1v) is 44.9. The van der Waals surface area contributed by atoms with E-state index in [-0.39, 0.29) is 169 Å². The molecule has 0 saturated carbocycles. The van der Waals surface area contributed by atoms with Crippen molar-refractivity contribution in [3.8, 4) is 55.6 Å². The van der Waals surface area contributed by atoms with Gasteiger partial charge in [0.05, 0.1) is 0 Å². The monoisotopic (exact) mass is 2200 g/mol. The summed E-state index contributed by atoms with van der Waals surface area (Å²) in [5.74, 6) is -3.52. The van der Waals surface area contributed by atoms with Crippen LogP contribution in [0.4, 0.5) is 0 Å². The number of halogens is 4. The maximum atomic E-state index is 11.8. The number of nitrogens with one attached hydrogen (secondary N) is 1. The molecule has 0 bridgehead atoms. The molecule has 0 atom stereocenters. The number of aldehydes is 1. The molecule has 5 radical (unpaired) electrons. The molecule has 0 aliphatic carbocycles. The minimum absolute atomic E-state index is 0. The molecule has 10 aromatic rings. The summed E-state index contributed by atoms with van der Waals surface area (Å²) in [6.07, 6.45) is 14.5. The first-order chi connectivity index (χ1) is 59.1. The summed E-state index contributed by atoms with van der Waals surface area (Å²) in [7, 11) is 11.1. The number of carbonyl (C=O) groups is 7. The fraction of sp³-hybridized carbons (Fsp3) is 0.279. The van der Waals surface area contributed by atoms with E-state index in [4.69, 9.17) is 42.7 Å². The SMILES string of the molecule is CC.CC.CC.CC.CC.CC.CC.CC.CC.CC.CCCN(C)C(=O)C=Cc1ccc(-c2cc[c-]cc2)cc1.CCCNC.O=C(Cl)C=Cc1ccc(-c2cc[c-]cc2)cc1.O=C(Cl)C=Cc1ccc(-c2cc[c-]cc2)cc1.O=C(O)C=Cc1ccc(-c2cc[c-]cc2)cc1.O=C(O)CC(=O)O.O=Cc1ccc(-c2cc[c-]cc2)cc1.O=S(Cl)Cl.[Y].[Y].[Y].[Y].[Y]. The van der Waals surface area contributed by atoms with Crippen molar-refractivity contribution in [2.45, 2.75) is 172 Å². The Labute approximate surface area is 913 Å². The van der Waals surface area contributed by atoms with Crippen LogP contribution in [0.3, 0.4) is 0 Å². The summed E-state index contributed by atoms with van der Waals surface area (Å²) in [5, 5.41) is 26.0. The van der Waals surface area contributed by atoms with E-state index >= 15 is 0 Å². The Balaban J connectivity index is -0.000000106. The zero-order chi connectivity index (χ0) is 94.7. The number of benzene rings is 10. The van der Waals surface area contributed by atoms with Gasteiger partial charge in [0.25, 0.3) is 0 Å². The summed E-state index contributed by atoms with van der Waals surface area (Å²) in [4.78, 5) is 74.4. The molecule has 10 rings (SSSR count). The Bertz CT molecular complexity index is 4000. The van der Waals surface area contributed by atoms with E-state index in [0.717, 1.165) is 104 Å². The van der Waals surface area contributed by atoms with Crippen molar-refractivity contribution in [1.82, 2.24) is 10.2 Å². The van der Waals surface area contributed by atoms with Crippen molar-refractivity contribution < 1.29 is 217 Å². The quantitative estimate of drug-likeness (QED) is 0.0185. The van der Waals surface area contributed by atoms with E-state index in [0.29, 0.717) is 5.56 Å². The van der Waals surface area contributed by atoms with Crippen LogP contribution in [-0.4, -0.2) is 92.2 Å². The maximum Gasteiger partial charge on any atom is 0.328 e. The standard InChI is InChI=1S/C19H20NO.2C15H10ClO.C15H11O2.C13H9O.C4H11N.C3H4O4.10C2H6.Cl2OS.5Y/c1-3-15-20(2)19(21)14-11-16-9-12-18(13-10-16)17-7-5-4-6-8-17;3*16-15(17)11-8-12-6-9-14(10-7-12)13-4-2-1-3-5-13;14-10-11-6-8-13(9-7-11)12-4-2-1-3-5-12;1-3-4-5-2;4-2(5)1-3(6)7;10*1-2;1-4(2)3;;;;;/h5-14H,3,15H2,1-2H3;2*2-11H;2-11H,(H,16,17);2-10H;5H,3-4H2,1-2H3;1H2,(H,4,5)(H,6,7);10*1-2H3;;;;;;/q5*-1;;;;;;;;;;;;;;;;;;. The summed E-state index contributed by atoms with van der Waals surface area (Å²) >= 11 is 10.5. The Morgan fingerprint density at radius 2 is 0.528 bits per heavy atom. The van der Waals surface area contributed by atoms with Crippen molar-refractivity contribution in [2.24, 2.45) is 0 Å². The zero-order valence-corrected chi connectivity index (χ0v) is 97.2. The van der Waals surface area contributed by atoms with Gasteiger partial charge in [0.1, 0.15) is 12.7 Å². The molecule has 0 saturated heterocycles. The summed E-state index contributed by atoms with van der Waals surface area (Å²) in [5.41, 5.74) is 15.9. The van der Waals surface area contributed by atoms with Gasteiger partial charge in [-0.1, -0.05) is 286 Å². The Kier molecular flexibility index (Phi) is 134. The third kappa shape index (κ3) is 87.3. The second-order valence-corrected chi connectivity index (χ2v) is 24.2. The van der Waals surface area contributed by atoms with Crippen LogP contribution in [0.15, 0.2) is 267 Å². The van der Waals surface area contributed by atoms with Gasteiger partial charge < -0.3 is 25.5 Å². The molecule has 0 unspecified atom stereocenters. The number of amides is 1. The van der Waals surface area contributed by atoms with Crippen molar-refractivity contribution in [2.75, 3.05) is 27.2 Å². The molecule has 1 amide bonds. The predicted octanol–water partition coefficient (Wildman–Crippen LogP) is 29.6. The number of nitrogens with zero attached hydrogens (tertiary/aromatic N) is 1. The molecule has 23 heteroatoms. The van der Waals surface area contributed by atoms with Crippen molar-refractivity contribution in [3.05, 3.63) is 325 Å². The Morgan fingerprint density at radius 1 is 0.339 bits per heavy atom. The molecule has 127 heavy (non-hydrogen) atoms. The van der Waals surface area contributed by atoms with E-state index in [1.165, 1.54) is 24.1 Å². The van der Waals surface area contributed by atoms with E-state index < -0.39 is 44.0 Å². The number of carbonyl (C=O) groups excluding carboxylic acids is 4. The predicted molar refractivity (Wildman–Crippen MR) is 530 cm³/mol. The molecular weight excluding hydrogens is 2070 g/mol. The third-order valence-corrected chi connectivity index (χ3v) is 13.6. The number of aliphatic carboxylic acids is 3. The van der Waals surface area contributed by atoms with Gasteiger partial charge in [0, 0.05) is 216 Å². The summed E-state index contributed by atoms with van der Waals surface area (Å²) in [6, 6.07) is 93.1. The van der Waals surface area contributed by atoms with Crippen molar-refractivity contribution in [1.29, 1.82) is 0 Å². The zero-order valence-electron chi connectivity index (χ0n) is 79.2. The van der Waals surface area contributed by atoms with Gasteiger partial charge in [-0.15, -0.1) is 27.8 Å². The van der Waals surface area contributed by atoms with E-state index in [1.54, 1.807) is 29.2 Å². The smallest absolute Gasteiger partial charge is 0.328 e. The van der Waals surface area contributed by atoms with E-state index in [9.17, 15) is 33.6 Å². The van der Waals surface area contributed by atoms with Gasteiger partial charge in [0.15, 0.2) is 0 Å². The first kappa shape index (κ1) is 150. The fourth-order valence-corrected chi connectivity index (χ4v) is 8.53. The summed E-state index contributed by atoms with van der Waals surface area (Å²) in [6.45, 7) is 46.1. The third-order valence-electron chi connectivity index (χ3n) is 13.3. The van der Waals surface area contributed by atoms with Gasteiger partial charge in [0.2, 0.25) is 25.6 Å². The van der Waals surface area contributed by atoms with Crippen LogP contribution in [0.5, 0.6) is 0 Å². The Hall–Kier alpha value is -5.16. The van der Waals surface area contributed by atoms with Crippen LogP contribution in [-0.2, 0) is 202 Å². The molecular formula is C104H135Cl4N2O11SY5-5. The van der Waals surface area contributed by atoms with E-state index in [1.807, 2.05) is 389 Å². The van der Waals surface area contributed by atoms with Crippen LogP contribution in [0, 0.1) is 30.3 Å². The van der Waals surface area contributed by atoms with Crippen LogP contribution in [0.1, 0.15) is 204 Å². The van der Waals surface area contributed by atoms with Crippen LogP contribution >= 0.6 is 44.6 Å². The number of likely N-dealkylation sites (N-methyl/N-ethyl adjacent to an activating group) is 1. The number of carboxylic acid groups (broad SMARTS) is 3. The molecule has 0 aliphatic heterocycles. The number of hydrogen-bond donors (Lipinski definition) is 4. The van der Waals surface area contributed by atoms with Gasteiger partial charge in [-0.25, -0.2) is 9.00 Å². The molecule has 0 heterocycles. The number of hydrogen-bond acceptors (Lipinski definition) is 9. The minimum atomic E-state index is -1.67. The first-order valence-electron chi connectivity index (χ1n) is 41.3. The molecule has 0 spiro atoms. The number of allylic oxidation sites excluding steroid dienone is 2. The molecule has 10 aromatic carbocycles.